The molecule has 2 heterocycles. The van der Waals surface area contributed by atoms with Crippen LogP contribution >= 0.6 is 0 Å². The number of carboxylic acid groups (broad SMARTS) is 1. The van der Waals surface area contributed by atoms with Gasteiger partial charge in [-0.15, -0.1) is 0 Å². The first-order chi connectivity index (χ1) is 8.70. The van der Waals surface area contributed by atoms with Crippen molar-refractivity contribution >= 4 is 27.5 Å². The van der Waals surface area contributed by atoms with Crippen molar-refractivity contribution in [1.29, 1.82) is 0 Å². The summed E-state index contributed by atoms with van der Waals surface area (Å²) in [4.78, 5) is 39.7. The summed E-state index contributed by atoms with van der Waals surface area (Å²) in [5, 5.41) is 10.6. The number of amides is 1. The summed E-state index contributed by atoms with van der Waals surface area (Å²) in [5.74, 6) is -3.66. The Kier molecular flexibility index (Phi) is 2.89. The number of anilines is 1. The second-order valence-corrected chi connectivity index (χ2v) is 5.98. The highest BCUT2D eigenvalue weighted by atomic mass is 32.2. The van der Waals surface area contributed by atoms with Crippen LogP contribution in [0.1, 0.15) is 17.9 Å². The largest absolute Gasteiger partial charge is 0.481 e. The van der Waals surface area contributed by atoms with Gasteiger partial charge < -0.3 is 10.4 Å². The Morgan fingerprint density at radius 3 is 2.58 bits per heavy atom. The van der Waals surface area contributed by atoms with Crippen molar-refractivity contribution < 1.29 is 23.1 Å². The molecule has 1 atom stereocenters. The lowest BCUT2D eigenvalue weighted by Crippen LogP contribution is -2.34. The predicted molar refractivity (Wildman–Crippen MR) is 61.6 cm³/mol. The third kappa shape index (κ3) is 2.34. The molecule has 0 aromatic carbocycles. The third-order valence-electron chi connectivity index (χ3n) is 2.58. The smallest absolute Gasteiger partial charge is 0.311 e. The van der Waals surface area contributed by atoms with E-state index in [2.05, 4.69) is 10.3 Å². The highest BCUT2D eigenvalue weighted by molar-refractivity contribution is 7.90. The molecule has 0 spiro atoms. The van der Waals surface area contributed by atoms with Gasteiger partial charge in [0.25, 0.3) is 5.56 Å². The monoisotopic (exact) mass is 287 g/mol. The fourth-order valence-corrected chi connectivity index (χ4v) is 2.27. The second kappa shape index (κ2) is 4.16. The fraction of sp³-hybridized carbons (Fsp3) is 0.333. The number of rotatable bonds is 2. The molecule has 0 radical (unpaired) electrons. The summed E-state index contributed by atoms with van der Waals surface area (Å²) in [6, 6.07) is 0. The van der Waals surface area contributed by atoms with Crippen LogP contribution in [-0.2, 0) is 19.4 Å². The van der Waals surface area contributed by atoms with Crippen LogP contribution < -0.4 is 10.9 Å². The van der Waals surface area contributed by atoms with Crippen LogP contribution in [0.5, 0.6) is 0 Å². The number of aliphatic carboxylic acids is 1. The number of sulfone groups is 1. The number of hydrogen-bond donors (Lipinski definition) is 3. The third-order valence-corrected chi connectivity index (χ3v) is 3.47. The van der Waals surface area contributed by atoms with Crippen LogP contribution in [0.3, 0.4) is 0 Å². The number of hydrogen-bond acceptors (Lipinski definition) is 6. The predicted octanol–water partition coefficient (Wildman–Crippen LogP) is -1.32. The normalized spacial score (nSPS) is 18.6. The van der Waals surface area contributed by atoms with Crippen LogP contribution in [0.2, 0.25) is 0 Å². The number of fused-ring (bicyclic) bond motifs is 1. The van der Waals surface area contributed by atoms with Gasteiger partial charge in [-0.05, 0) is 0 Å². The van der Waals surface area contributed by atoms with Crippen LogP contribution in [0, 0.1) is 0 Å². The lowest BCUT2D eigenvalue weighted by molar-refractivity contribution is -0.140. The summed E-state index contributed by atoms with van der Waals surface area (Å²) < 4.78 is 22.6. The van der Waals surface area contributed by atoms with E-state index in [1.54, 1.807) is 0 Å². The zero-order valence-corrected chi connectivity index (χ0v) is 10.4. The fourth-order valence-electron chi connectivity index (χ4n) is 1.74. The molecule has 0 fully saturated rings. The van der Waals surface area contributed by atoms with Gasteiger partial charge in [-0.1, -0.05) is 0 Å². The number of nitrogens with zero attached hydrogens (tertiary/aromatic N) is 1. The average molecular weight is 287 g/mol. The summed E-state index contributed by atoms with van der Waals surface area (Å²) in [5.41, 5.74) is -1.14. The van der Waals surface area contributed by atoms with E-state index in [1.165, 1.54) is 0 Å². The molecule has 1 aliphatic rings. The van der Waals surface area contributed by atoms with Gasteiger partial charge in [-0.25, -0.2) is 13.4 Å². The number of carbonyl (C=O) groups excluding carboxylic acids is 1. The maximum atomic E-state index is 11.8. The van der Waals surface area contributed by atoms with Crippen molar-refractivity contribution in [2.45, 2.75) is 17.5 Å². The van der Waals surface area contributed by atoms with Crippen molar-refractivity contribution in [3.63, 3.8) is 0 Å². The molecule has 102 valence electrons. The molecule has 9 nitrogen and oxygen atoms in total. The molecule has 0 saturated carbocycles. The molecule has 1 aromatic heterocycles. The zero-order chi connectivity index (χ0) is 14.4. The minimum Gasteiger partial charge on any atom is -0.481 e. The molecular weight excluding hydrogens is 278 g/mol. The molecule has 1 amide bonds. The van der Waals surface area contributed by atoms with Crippen molar-refractivity contribution in [3.05, 3.63) is 15.9 Å². The van der Waals surface area contributed by atoms with Crippen molar-refractivity contribution in [2.24, 2.45) is 0 Å². The lowest BCUT2D eigenvalue weighted by Gasteiger charge is -2.20. The number of nitrogens with one attached hydrogen (secondary N) is 2. The number of H-pyrrole nitrogens is 1. The highest BCUT2D eigenvalue weighted by Gasteiger charge is 2.35. The van der Waals surface area contributed by atoms with Crippen molar-refractivity contribution in [2.75, 3.05) is 11.6 Å². The first-order valence-corrected chi connectivity index (χ1v) is 6.96. The quantitative estimate of drug-likeness (QED) is 0.572. The van der Waals surface area contributed by atoms with Gasteiger partial charge in [0.1, 0.15) is 5.82 Å². The standard InChI is InChI=1S/C9H9N3O6S/c1-19(17,18)9-11-6-5(7(14)12-9)3(8(15)16)2-4(13)10-6/h3H,2H2,1H3,(H,15,16)(H2,10,11,12,13,14). The van der Waals surface area contributed by atoms with Gasteiger partial charge in [0, 0.05) is 12.7 Å². The summed E-state index contributed by atoms with van der Waals surface area (Å²) in [6.07, 6.45) is 0.433. The van der Waals surface area contributed by atoms with E-state index in [0.717, 1.165) is 6.26 Å². The Bertz CT molecular complexity index is 735. The zero-order valence-electron chi connectivity index (χ0n) is 9.63. The van der Waals surface area contributed by atoms with Gasteiger partial charge in [0.15, 0.2) is 0 Å². The highest BCUT2D eigenvalue weighted by Crippen LogP contribution is 2.28. The number of aromatic nitrogens is 2. The van der Waals surface area contributed by atoms with E-state index in [4.69, 9.17) is 5.11 Å². The van der Waals surface area contributed by atoms with Gasteiger partial charge in [0.05, 0.1) is 11.5 Å². The Hall–Kier alpha value is -2.23. The van der Waals surface area contributed by atoms with Crippen LogP contribution in [0.15, 0.2) is 9.95 Å². The van der Waals surface area contributed by atoms with Gasteiger partial charge in [-0.2, -0.15) is 0 Å². The number of carbonyl (C=O) groups is 2. The maximum absolute atomic E-state index is 11.8. The molecule has 1 unspecified atom stereocenters. The van der Waals surface area contributed by atoms with Gasteiger partial charge in [0.2, 0.25) is 20.9 Å². The second-order valence-electron chi connectivity index (χ2n) is 4.05. The average Bonchev–Trinajstić information content (AvgIpc) is 2.25. The first-order valence-electron chi connectivity index (χ1n) is 5.07. The molecule has 1 aromatic rings. The van der Waals surface area contributed by atoms with Gasteiger partial charge >= 0.3 is 5.97 Å². The van der Waals surface area contributed by atoms with Crippen LogP contribution in [0.25, 0.3) is 0 Å². The molecule has 1 aliphatic heterocycles. The Morgan fingerprint density at radius 2 is 2.05 bits per heavy atom. The molecule has 0 bridgehead atoms. The maximum Gasteiger partial charge on any atom is 0.311 e. The van der Waals surface area contributed by atoms with Crippen molar-refractivity contribution in [3.8, 4) is 0 Å². The molecular formula is C9H9N3O6S. The van der Waals surface area contributed by atoms with Crippen LogP contribution in [-0.4, -0.2) is 41.6 Å². The summed E-state index contributed by atoms with van der Waals surface area (Å²) >= 11 is 0. The molecule has 0 saturated heterocycles. The van der Waals surface area contributed by atoms with E-state index in [9.17, 15) is 22.8 Å². The minimum atomic E-state index is -3.78. The van der Waals surface area contributed by atoms with E-state index in [-0.39, 0.29) is 11.4 Å². The SMILES string of the molecule is CS(=O)(=O)c1nc2c(c(=O)[nH]1)C(C(=O)O)CC(=O)N2. The molecule has 19 heavy (non-hydrogen) atoms. The minimum absolute atomic E-state index is 0.250. The first kappa shape index (κ1) is 13.2. The van der Waals surface area contributed by atoms with E-state index < -0.39 is 44.8 Å². The summed E-state index contributed by atoms with van der Waals surface area (Å²) in [6.45, 7) is 0. The van der Waals surface area contributed by atoms with Crippen molar-refractivity contribution in [1.82, 2.24) is 9.97 Å². The van der Waals surface area contributed by atoms with E-state index >= 15 is 0 Å². The van der Waals surface area contributed by atoms with Gasteiger partial charge in [-0.3, -0.25) is 19.4 Å². The Labute approximate surface area is 106 Å². The Balaban J connectivity index is 2.72. The van der Waals surface area contributed by atoms with E-state index in [0.29, 0.717) is 0 Å². The number of carboxylic acids is 1. The molecule has 0 aliphatic carbocycles. The summed E-state index contributed by atoms with van der Waals surface area (Å²) in [7, 11) is -3.78. The number of aromatic amines is 1. The van der Waals surface area contributed by atoms with Crippen LogP contribution in [0.4, 0.5) is 5.82 Å². The topological polar surface area (TPSA) is 146 Å². The molecule has 10 heteroatoms. The molecule has 2 rings (SSSR count). The lowest BCUT2D eigenvalue weighted by atomic mass is 9.94. The van der Waals surface area contributed by atoms with E-state index in [1.807, 2.05) is 4.98 Å². The molecule has 3 N–H and O–H groups in total. The Morgan fingerprint density at radius 1 is 1.42 bits per heavy atom.